The Morgan fingerprint density at radius 3 is 2.34 bits per heavy atom. The molecule has 0 saturated carbocycles. The molecule has 0 bridgehead atoms. The molecule has 1 atom stereocenters. The molecule has 2 aliphatic rings. The van der Waals surface area contributed by atoms with E-state index in [4.69, 9.17) is 0 Å². The molecule has 2 saturated heterocycles. The molecule has 0 spiro atoms. The van der Waals surface area contributed by atoms with E-state index in [9.17, 15) is 35.9 Å². The van der Waals surface area contributed by atoms with Gasteiger partial charge in [-0.2, -0.15) is 13.8 Å². The fourth-order valence-electron chi connectivity index (χ4n) is 4.59. The van der Waals surface area contributed by atoms with Crippen molar-refractivity contribution >= 4 is 39.1 Å². The van der Waals surface area contributed by atoms with Crippen molar-refractivity contribution in [3.8, 4) is 0 Å². The first kappa shape index (κ1) is 30.5. The predicted octanol–water partition coefficient (Wildman–Crippen LogP) is 4.15. The van der Waals surface area contributed by atoms with E-state index in [1.807, 2.05) is 0 Å². The van der Waals surface area contributed by atoms with Gasteiger partial charge in [0, 0.05) is 50.8 Å². The van der Waals surface area contributed by atoms with Gasteiger partial charge >= 0.3 is 0 Å². The number of aromatic nitrogens is 2. The minimum atomic E-state index is -3.93. The Hall–Kier alpha value is -3.46. The molecule has 2 aromatic rings. The lowest BCUT2D eigenvalue weighted by Crippen LogP contribution is -2.40. The van der Waals surface area contributed by atoms with E-state index in [2.05, 4.69) is 20.0 Å². The number of sulfonamides is 1. The van der Waals surface area contributed by atoms with E-state index in [1.165, 1.54) is 31.2 Å². The Balaban J connectivity index is 1.62. The number of alkyl halides is 2. The maximum atomic E-state index is 13.6. The van der Waals surface area contributed by atoms with Crippen molar-refractivity contribution in [3.63, 3.8) is 0 Å². The van der Waals surface area contributed by atoms with Crippen molar-refractivity contribution in [2.45, 2.75) is 50.7 Å². The minimum absolute atomic E-state index is 0.0281. The maximum Gasteiger partial charge on any atom is 0.269 e. The van der Waals surface area contributed by atoms with Crippen LogP contribution >= 0.6 is 0 Å². The summed E-state index contributed by atoms with van der Waals surface area (Å²) in [4.78, 5) is 25.5. The van der Waals surface area contributed by atoms with E-state index >= 15 is 0 Å². The lowest BCUT2D eigenvalue weighted by molar-refractivity contribution is -0.0222. The second kappa shape index (κ2) is 12.2. The van der Waals surface area contributed by atoms with Crippen LogP contribution < -0.4 is 19.8 Å². The van der Waals surface area contributed by atoms with E-state index < -0.39 is 39.8 Å². The highest BCUT2D eigenvalue weighted by molar-refractivity contribution is 7.93. The molecule has 2 fully saturated rings. The Morgan fingerprint density at radius 2 is 1.73 bits per heavy atom. The zero-order valence-corrected chi connectivity index (χ0v) is 23.4. The number of aliphatic hydroxyl groups is 1. The summed E-state index contributed by atoms with van der Waals surface area (Å²) >= 11 is 0. The lowest BCUT2D eigenvalue weighted by atomic mass is 10.0. The van der Waals surface area contributed by atoms with Crippen LogP contribution in [0.2, 0.25) is 0 Å². The number of benzene rings is 1. The molecule has 3 N–H and O–H groups in total. The highest BCUT2D eigenvalue weighted by Gasteiger charge is 2.35. The third kappa shape index (κ3) is 7.44. The number of carbonyl (C=O) groups excluding carboxylic acids is 1. The Kier molecular flexibility index (Phi) is 9.07. The summed E-state index contributed by atoms with van der Waals surface area (Å²) in [5.74, 6) is -2.98. The van der Waals surface area contributed by atoms with Crippen LogP contribution in [-0.2, 0) is 10.0 Å². The summed E-state index contributed by atoms with van der Waals surface area (Å²) in [7, 11) is -3.93. The molecule has 15 heteroatoms. The van der Waals surface area contributed by atoms with E-state index in [0.717, 1.165) is 0 Å². The monoisotopic (exact) mass is 600 g/mol. The van der Waals surface area contributed by atoms with Crippen molar-refractivity contribution in [1.82, 2.24) is 9.97 Å². The summed E-state index contributed by atoms with van der Waals surface area (Å²) in [6.45, 7) is 2.89. The Labute approximate surface area is 235 Å². The number of rotatable bonds is 8. The fourth-order valence-corrected chi connectivity index (χ4v) is 5.45. The molecular weight excluding hydrogens is 568 g/mol. The van der Waals surface area contributed by atoms with Gasteiger partial charge < -0.3 is 20.2 Å². The molecule has 1 aromatic carbocycles. The maximum absolute atomic E-state index is 13.6. The van der Waals surface area contributed by atoms with Gasteiger partial charge in [0.25, 0.3) is 17.9 Å². The zero-order chi connectivity index (χ0) is 29.9. The smallest absolute Gasteiger partial charge is 0.269 e. The van der Waals surface area contributed by atoms with Crippen LogP contribution in [0.15, 0.2) is 35.9 Å². The van der Waals surface area contributed by atoms with E-state index in [1.54, 1.807) is 16.7 Å². The van der Waals surface area contributed by atoms with E-state index in [0.29, 0.717) is 11.4 Å². The SMILES string of the molecule is Cc1cc(NC(=O)c2ccc(NS(=O)(=O)[C@H](C)CO)cc2N2CCC(=C(F)F)CC2)nc(N2CCC(F)(F)CC2)n1. The van der Waals surface area contributed by atoms with E-state index in [-0.39, 0.29) is 80.5 Å². The first-order chi connectivity index (χ1) is 19.3. The normalized spacial score (nSPS) is 18.2. The highest BCUT2D eigenvalue weighted by Crippen LogP contribution is 2.32. The van der Waals surface area contributed by atoms with Crippen molar-refractivity contribution in [2.75, 3.05) is 52.6 Å². The van der Waals surface area contributed by atoms with Gasteiger partial charge in [0.1, 0.15) is 11.1 Å². The second-order valence-corrected chi connectivity index (χ2v) is 12.3. The molecule has 0 unspecified atom stereocenters. The highest BCUT2D eigenvalue weighted by atomic mass is 32.2. The molecule has 3 heterocycles. The summed E-state index contributed by atoms with van der Waals surface area (Å²) in [5, 5.41) is 10.9. The second-order valence-electron chi connectivity index (χ2n) is 10.2. The topological polar surface area (TPSA) is 128 Å². The van der Waals surface area contributed by atoms with Crippen molar-refractivity contribution in [1.29, 1.82) is 0 Å². The number of hydrogen-bond acceptors (Lipinski definition) is 8. The largest absolute Gasteiger partial charge is 0.395 e. The van der Waals surface area contributed by atoms with Gasteiger partial charge in [-0.05, 0) is 50.5 Å². The number of aliphatic hydroxyl groups excluding tert-OH is 1. The third-order valence-electron chi connectivity index (χ3n) is 7.13. The third-order valence-corrected chi connectivity index (χ3v) is 8.85. The average molecular weight is 601 g/mol. The summed E-state index contributed by atoms with van der Waals surface area (Å²) in [6, 6.07) is 5.78. The molecule has 0 radical (unpaired) electrons. The number of aryl methyl sites for hydroxylation is 1. The number of carbonyl (C=O) groups is 1. The van der Waals surface area contributed by atoms with Crippen LogP contribution in [0.5, 0.6) is 0 Å². The van der Waals surface area contributed by atoms with Gasteiger partial charge in [-0.1, -0.05) is 0 Å². The minimum Gasteiger partial charge on any atom is -0.395 e. The zero-order valence-electron chi connectivity index (χ0n) is 22.6. The fraction of sp³-hybridized carbons (Fsp3) is 0.500. The molecular formula is C26H32F4N6O4S. The predicted molar refractivity (Wildman–Crippen MR) is 147 cm³/mol. The number of nitrogens with zero attached hydrogens (tertiary/aromatic N) is 4. The van der Waals surface area contributed by atoms with Crippen LogP contribution in [0.4, 0.5) is 40.7 Å². The van der Waals surface area contributed by atoms with Crippen molar-refractivity contribution < 1.29 is 35.9 Å². The van der Waals surface area contributed by atoms with Gasteiger partial charge in [-0.3, -0.25) is 9.52 Å². The van der Waals surface area contributed by atoms with Gasteiger partial charge in [-0.25, -0.2) is 22.2 Å². The first-order valence-corrected chi connectivity index (χ1v) is 14.7. The van der Waals surface area contributed by atoms with Gasteiger partial charge in [0.15, 0.2) is 0 Å². The molecule has 41 heavy (non-hydrogen) atoms. The van der Waals surface area contributed by atoms with Gasteiger partial charge in [0.2, 0.25) is 16.0 Å². The average Bonchev–Trinajstić information content (AvgIpc) is 2.92. The Bertz CT molecular complexity index is 1420. The number of halogens is 4. The van der Waals surface area contributed by atoms with Crippen molar-refractivity contribution in [2.24, 2.45) is 0 Å². The number of hydrogen-bond donors (Lipinski definition) is 3. The van der Waals surface area contributed by atoms with Gasteiger partial charge in [-0.15, -0.1) is 0 Å². The number of anilines is 4. The number of amides is 1. The summed E-state index contributed by atoms with van der Waals surface area (Å²) in [5.41, 5.74) is 1.14. The lowest BCUT2D eigenvalue weighted by Gasteiger charge is -2.32. The summed E-state index contributed by atoms with van der Waals surface area (Å²) < 4.78 is 81.0. The number of piperidine rings is 2. The van der Waals surface area contributed by atoms with Crippen LogP contribution in [0.25, 0.3) is 0 Å². The standard InChI is InChI=1S/C26H32F4N6O4S/c1-16-13-22(33-25(31-16)36-11-7-26(29,30)8-12-36)32-24(38)20-4-3-19(34-41(39,40)17(2)15-37)14-21(20)35-9-5-18(6-10-35)23(27)28/h3-4,13-14,17,34,37H,5-12,15H2,1-2H3,(H,31,32,33,38)/t17-/m1/s1. The first-order valence-electron chi connectivity index (χ1n) is 13.1. The molecule has 1 amide bonds. The number of nitrogens with one attached hydrogen (secondary N) is 2. The molecule has 10 nitrogen and oxygen atoms in total. The van der Waals surface area contributed by atoms with Crippen LogP contribution in [0.1, 0.15) is 48.7 Å². The van der Waals surface area contributed by atoms with Crippen molar-refractivity contribution in [3.05, 3.63) is 47.2 Å². The summed E-state index contributed by atoms with van der Waals surface area (Å²) in [6.07, 6.45) is -2.24. The molecule has 1 aromatic heterocycles. The molecule has 0 aliphatic carbocycles. The van der Waals surface area contributed by atoms with Crippen LogP contribution in [0.3, 0.4) is 0 Å². The quantitative estimate of drug-likeness (QED) is 0.386. The molecule has 2 aliphatic heterocycles. The molecule has 4 rings (SSSR count). The van der Waals surface area contributed by atoms with Crippen LogP contribution in [-0.4, -0.2) is 73.4 Å². The Morgan fingerprint density at radius 1 is 1.07 bits per heavy atom. The van der Waals surface area contributed by atoms with Crippen LogP contribution in [0, 0.1) is 6.92 Å². The van der Waals surface area contributed by atoms with Gasteiger partial charge in [0.05, 0.1) is 23.5 Å². The molecule has 224 valence electrons.